The van der Waals surface area contributed by atoms with Crippen LogP contribution in [0.3, 0.4) is 0 Å². The van der Waals surface area contributed by atoms with Crippen LogP contribution in [0.1, 0.15) is 27.0 Å². The molecule has 1 aliphatic rings. The standard InChI is InChI=1S/C40H31NO6S/c1-45-31-16-12-28(13-17-31)40(38-11-7-6-10-37(38)39(42)41(40)30-8-4-3-5-9-30)29-14-18-33(19-15-29)47-34-22-26-36(27-23-34)48(43,44)35-24-20-32(46-2)21-25-35/h3-27H,1-2H3. The van der Waals surface area contributed by atoms with E-state index in [4.69, 9.17) is 14.2 Å². The summed E-state index contributed by atoms with van der Waals surface area (Å²) >= 11 is 0. The van der Waals surface area contributed by atoms with Gasteiger partial charge in [-0.25, -0.2) is 8.42 Å². The number of amides is 1. The lowest BCUT2D eigenvalue weighted by Gasteiger charge is -2.40. The predicted octanol–water partition coefficient (Wildman–Crippen LogP) is 8.28. The van der Waals surface area contributed by atoms with Crippen LogP contribution < -0.4 is 19.1 Å². The summed E-state index contributed by atoms with van der Waals surface area (Å²) in [5.41, 5.74) is 3.03. The van der Waals surface area contributed by atoms with Crippen LogP contribution in [0.15, 0.2) is 161 Å². The van der Waals surface area contributed by atoms with E-state index in [0.29, 0.717) is 28.6 Å². The zero-order valence-corrected chi connectivity index (χ0v) is 27.1. The largest absolute Gasteiger partial charge is 0.497 e. The van der Waals surface area contributed by atoms with E-state index in [1.54, 1.807) is 31.4 Å². The van der Waals surface area contributed by atoms with Crippen molar-refractivity contribution in [1.82, 2.24) is 0 Å². The number of benzene rings is 6. The van der Waals surface area contributed by atoms with Gasteiger partial charge in [-0.15, -0.1) is 0 Å². The van der Waals surface area contributed by atoms with Crippen molar-refractivity contribution >= 4 is 21.4 Å². The van der Waals surface area contributed by atoms with E-state index in [9.17, 15) is 13.2 Å². The van der Waals surface area contributed by atoms with Crippen molar-refractivity contribution in [3.05, 3.63) is 174 Å². The first-order chi connectivity index (χ1) is 23.4. The zero-order valence-electron chi connectivity index (χ0n) is 26.2. The lowest BCUT2D eigenvalue weighted by molar-refractivity contribution is 0.0986. The van der Waals surface area contributed by atoms with Gasteiger partial charge in [0.2, 0.25) is 9.84 Å². The van der Waals surface area contributed by atoms with Crippen molar-refractivity contribution in [2.45, 2.75) is 15.3 Å². The number of hydrogen-bond acceptors (Lipinski definition) is 6. The van der Waals surface area contributed by atoms with E-state index in [-0.39, 0.29) is 15.7 Å². The van der Waals surface area contributed by atoms with Crippen LogP contribution in [0.25, 0.3) is 0 Å². The van der Waals surface area contributed by atoms with Gasteiger partial charge < -0.3 is 14.2 Å². The van der Waals surface area contributed by atoms with Gasteiger partial charge in [-0.05, 0) is 108 Å². The second-order valence-corrected chi connectivity index (χ2v) is 13.2. The van der Waals surface area contributed by atoms with Crippen LogP contribution in [-0.4, -0.2) is 28.5 Å². The van der Waals surface area contributed by atoms with E-state index < -0.39 is 15.4 Å². The molecule has 1 unspecified atom stereocenters. The highest BCUT2D eigenvalue weighted by molar-refractivity contribution is 7.91. The molecule has 0 bridgehead atoms. The number of anilines is 1. The van der Waals surface area contributed by atoms with Crippen molar-refractivity contribution in [2.75, 3.05) is 19.1 Å². The Morgan fingerprint density at radius 2 is 0.958 bits per heavy atom. The van der Waals surface area contributed by atoms with Gasteiger partial charge in [0.1, 0.15) is 28.5 Å². The molecule has 1 aliphatic heterocycles. The number of fused-ring (bicyclic) bond motifs is 1. The monoisotopic (exact) mass is 653 g/mol. The summed E-state index contributed by atoms with van der Waals surface area (Å²) in [6.07, 6.45) is 0. The number of carbonyl (C=O) groups is 1. The number of hydrogen-bond donors (Lipinski definition) is 0. The maximum absolute atomic E-state index is 14.2. The van der Waals surface area contributed by atoms with E-state index in [1.165, 1.54) is 31.4 Å². The lowest BCUT2D eigenvalue weighted by Crippen LogP contribution is -2.46. The minimum Gasteiger partial charge on any atom is -0.497 e. The molecular weight excluding hydrogens is 623 g/mol. The highest BCUT2D eigenvalue weighted by Gasteiger charge is 2.52. The topological polar surface area (TPSA) is 82.1 Å². The van der Waals surface area contributed by atoms with Gasteiger partial charge in [0.05, 0.1) is 24.0 Å². The molecule has 7 rings (SSSR count). The molecule has 0 spiro atoms. The highest BCUT2D eigenvalue weighted by Crippen LogP contribution is 2.51. The van der Waals surface area contributed by atoms with E-state index in [2.05, 4.69) is 0 Å². The third-order valence-electron chi connectivity index (χ3n) is 8.62. The molecule has 0 saturated carbocycles. The molecule has 1 heterocycles. The van der Waals surface area contributed by atoms with Crippen LogP contribution in [-0.2, 0) is 15.4 Å². The molecule has 238 valence electrons. The summed E-state index contributed by atoms with van der Waals surface area (Å²) < 4.78 is 43.1. The van der Waals surface area contributed by atoms with E-state index in [0.717, 1.165) is 22.4 Å². The van der Waals surface area contributed by atoms with E-state index >= 15 is 0 Å². The maximum atomic E-state index is 14.2. The Bertz CT molecular complexity index is 2180. The Kier molecular flexibility index (Phi) is 7.94. The molecule has 8 heteroatoms. The molecule has 48 heavy (non-hydrogen) atoms. The molecule has 6 aromatic rings. The van der Waals surface area contributed by atoms with E-state index in [1.807, 2.05) is 108 Å². The summed E-state index contributed by atoms with van der Waals surface area (Å²) in [4.78, 5) is 16.4. The Hall–Kier alpha value is -5.86. The number of carbonyl (C=O) groups excluding carboxylic acids is 1. The van der Waals surface area contributed by atoms with Gasteiger partial charge in [-0.3, -0.25) is 9.69 Å². The Labute approximate surface area is 279 Å². The third-order valence-corrected chi connectivity index (χ3v) is 10.4. The van der Waals surface area contributed by atoms with Crippen molar-refractivity contribution < 1.29 is 27.4 Å². The molecule has 7 nitrogen and oxygen atoms in total. The fraction of sp³-hybridized carbons (Fsp3) is 0.0750. The van der Waals surface area contributed by atoms with Gasteiger partial charge >= 0.3 is 0 Å². The Morgan fingerprint density at radius 3 is 1.48 bits per heavy atom. The fourth-order valence-electron chi connectivity index (χ4n) is 6.31. The first-order valence-electron chi connectivity index (χ1n) is 15.3. The van der Waals surface area contributed by atoms with Gasteiger partial charge in [-0.1, -0.05) is 60.7 Å². The van der Waals surface area contributed by atoms with Crippen LogP contribution in [0.4, 0.5) is 5.69 Å². The number of para-hydroxylation sites is 1. The molecule has 0 aliphatic carbocycles. The van der Waals surface area contributed by atoms with Crippen molar-refractivity contribution in [1.29, 1.82) is 0 Å². The Balaban J connectivity index is 1.26. The zero-order chi connectivity index (χ0) is 33.3. The summed E-state index contributed by atoms with van der Waals surface area (Å²) in [6.45, 7) is 0. The minimum absolute atomic E-state index is 0.0994. The molecule has 0 N–H and O–H groups in total. The van der Waals surface area contributed by atoms with Crippen LogP contribution in [0, 0.1) is 0 Å². The highest BCUT2D eigenvalue weighted by atomic mass is 32.2. The normalized spacial score (nSPS) is 15.5. The smallest absolute Gasteiger partial charge is 0.260 e. The van der Waals surface area contributed by atoms with Crippen LogP contribution >= 0.6 is 0 Å². The number of rotatable bonds is 9. The number of ether oxygens (including phenoxy) is 3. The first kappa shape index (κ1) is 30.8. The number of sulfone groups is 1. The van der Waals surface area contributed by atoms with Gasteiger partial charge in [0, 0.05) is 11.3 Å². The SMILES string of the molecule is COc1ccc(C2(c3ccc(Oc4ccc(S(=O)(=O)c5ccc(OC)cc5)cc4)cc3)c3ccccc3C(=O)N2c2ccccc2)cc1. The van der Waals surface area contributed by atoms with Crippen molar-refractivity contribution in [3.63, 3.8) is 0 Å². The summed E-state index contributed by atoms with van der Waals surface area (Å²) in [5.74, 6) is 2.23. The molecule has 1 atom stereocenters. The second kappa shape index (κ2) is 12.4. The first-order valence-corrected chi connectivity index (χ1v) is 16.8. The average Bonchev–Trinajstić information content (AvgIpc) is 3.41. The Morgan fingerprint density at radius 1 is 0.521 bits per heavy atom. The molecule has 0 radical (unpaired) electrons. The summed E-state index contributed by atoms with van der Waals surface area (Å²) in [5, 5.41) is 0. The lowest BCUT2D eigenvalue weighted by atomic mass is 9.76. The quantitative estimate of drug-likeness (QED) is 0.156. The van der Waals surface area contributed by atoms with Crippen molar-refractivity contribution in [2.24, 2.45) is 0 Å². The van der Waals surface area contributed by atoms with Gasteiger partial charge in [-0.2, -0.15) is 0 Å². The molecule has 1 amide bonds. The molecular formula is C40H31NO6S. The third kappa shape index (κ3) is 5.16. The summed E-state index contributed by atoms with van der Waals surface area (Å²) in [6, 6.07) is 45.4. The average molecular weight is 654 g/mol. The summed E-state index contributed by atoms with van der Waals surface area (Å²) in [7, 11) is -0.558. The fourth-order valence-corrected chi connectivity index (χ4v) is 7.57. The molecule has 0 saturated heterocycles. The van der Waals surface area contributed by atoms with Crippen molar-refractivity contribution in [3.8, 4) is 23.0 Å². The van der Waals surface area contributed by atoms with Gasteiger partial charge in [0.25, 0.3) is 5.91 Å². The number of methoxy groups -OCH3 is 2. The molecule has 0 fully saturated rings. The molecule has 6 aromatic carbocycles. The second-order valence-electron chi connectivity index (χ2n) is 11.2. The number of nitrogens with zero attached hydrogens (tertiary/aromatic N) is 1. The van der Waals surface area contributed by atoms with Gasteiger partial charge in [0.15, 0.2) is 0 Å². The van der Waals surface area contributed by atoms with Crippen LogP contribution in [0.5, 0.6) is 23.0 Å². The minimum atomic E-state index is -3.71. The molecule has 0 aromatic heterocycles. The maximum Gasteiger partial charge on any atom is 0.260 e. The van der Waals surface area contributed by atoms with Crippen LogP contribution in [0.2, 0.25) is 0 Å². The predicted molar refractivity (Wildman–Crippen MR) is 184 cm³/mol.